The van der Waals surface area contributed by atoms with Crippen molar-refractivity contribution in [3.8, 4) is 0 Å². The molecule has 1 aromatic carbocycles. The van der Waals surface area contributed by atoms with Gasteiger partial charge >= 0.3 is 0 Å². The van der Waals surface area contributed by atoms with Crippen molar-refractivity contribution >= 4 is 39.2 Å². The molecule has 2 heterocycles. The first-order valence-corrected chi connectivity index (χ1v) is 10.2. The van der Waals surface area contributed by atoms with Gasteiger partial charge in [0.15, 0.2) is 11.6 Å². The van der Waals surface area contributed by atoms with Crippen molar-refractivity contribution < 1.29 is 0 Å². The van der Waals surface area contributed by atoms with Gasteiger partial charge in [0.1, 0.15) is 0 Å². The minimum Gasteiger partial charge on any atom is -0.324 e. The molecular weight excluding hydrogens is 416 g/mol. The number of hydrogen-bond donors (Lipinski definition) is 3. The number of halogens is 1. The highest BCUT2D eigenvalue weighted by Gasteiger charge is 2.25. The maximum atomic E-state index is 4.57. The van der Waals surface area contributed by atoms with Gasteiger partial charge < -0.3 is 10.6 Å². The van der Waals surface area contributed by atoms with Crippen LogP contribution in [0.5, 0.6) is 0 Å². The van der Waals surface area contributed by atoms with E-state index in [1.165, 1.54) is 24.1 Å². The Hall–Kier alpha value is -2.41. The molecule has 28 heavy (non-hydrogen) atoms. The van der Waals surface area contributed by atoms with Gasteiger partial charge in [0.2, 0.25) is 5.95 Å². The number of hydrogen-bond acceptors (Lipinski definition) is 5. The summed E-state index contributed by atoms with van der Waals surface area (Å²) in [5, 5.41) is 13.9. The first-order valence-electron chi connectivity index (χ1n) is 9.44. The topological polar surface area (TPSA) is 78.5 Å². The van der Waals surface area contributed by atoms with Crippen LogP contribution in [0.25, 0.3) is 0 Å². The van der Waals surface area contributed by atoms with Crippen molar-refractivity contribution in [1.29, 1.82) is 0 Å². The van der Waals surface area contributed by atoms with Crippen LogP contribution in [0.2, 0.25) is 0 Å². The molecule has 0 aliphatic heterocycles. The minimum absolute atomic E-state index is 0.149. The van der Waals surface area contributed by atoms with E-state index in [1.807, 2.05) is 18.2 Å². The Kier molecular flexibility index (Phi) is 5.10. The number of benzene rings is 1. The van der Waals surface area contributed by atoms with Crippen molar-refractivity contribution in [2.45, 2.75) is 39.5 Å². The van der Waals surface area contributed by atoms with Gasteiger partial charge in [-0.1, -0.05) is 32.9 Å². The molecule has 1 saturated carbocycles. The summed E-state index contributed by atoms with van der Waals surface area (Å²) in [5.41, 5.74) is 3.46. The highest BCUT2D eigenvalue weighted by molar-refractivity contribution is 9.10. The number of H-pyrrole nitrogens is 1. The quantitative estimate of drug-likeness (QED) is 0.443. The molecule has 0 atom stereocenters. The van der Waals surface area contributed by atoms with Crippen molar-refractivity contribution in [2.24, 2.45) is 5.41 Å². The molecule has 3 aromatic rings. The van der Waals surface area contributed by atoms with Gasteiger partial charge in [-0.2, -0.15) is 10.1 Å². The standard InChI is InChI=1S/C21H24BrN6/c1-21(2,3)11-13-4-8-15(9-5-13)24-20-23-12-16(22)19(26-20)25-18-10-17(27-28-18)14-6-7-14/h4-5,8-12,14H,6-7H2,1-3H3,(H3,23,24,25,26,27,28). The highest BCUT2D eigenvalue weighted by atomic mass is 79.9. The molecule has 145 valence electrons. The van der Waals surface area contributed by atoms with Crippen molar-refractivity contribution in [3.05, 3.63) is 58.7 Å². The molecule has 3 N–H and O–H groups in total. The number of nitrogens with zero attached hydrogens (tertiary/aromatic N) is 3. The Labute approximate surface area is 173 Å². The second-order valence-electron chi connectivity index (χ2n) is 8.26. The predicted molar refractivity (Wildman–Crippen MR) is 116 cm³/mol. The maximum absolute atomic E-state index is 4.57. The zero-order valence-corrected chi connectivity index (χ0v) is 17.8. The SMILES string of the molecule is CC(C)(C)[CH]c1ccc(Nc2ncc(Br)c(Nc3cc(C4CC4)[nH]n3)n2)cc1. The third-order valence-corrected chi connectivity index (χ3v) is 4.95. The van der Waals surface area contributed by atoms with Crippen LogP contribution in [0.1, 0.15) is 50.8 Å². The fraction of sp³-hybridized carbons (Fsp3) is 0.333. The molecule has 0 saturated heterocycles. The molecule has 1 fully saturated rings. The van der Waals surface area contributed by atoms with Crippen LogP contribution in [0.3, 0.4) is 0 Å². The van der Waals surface area contributed by atoms with Crippen LogP contribution < -0.4 is 10.6 Å². The third kappa shape index (κ3) is 4.90. The lowest BCUT2D eigenvalue weighted by atomic mass is 9.88. The lowest BCUT2D eigenvalue weighted by Crippen LogP contribution is -2.06. The predicted octanol–water partition coefficient (Wildman–Crippen LogP) is 5.93. The molecule has 7 heteroatoms. The highest BCUT2D eigenvalue weighted by Crippen LogP contribution is 2.39. The molecule has 1 aliphatic carbocycles. The van der Waals surface area contributed by atoms with Gasteiger partial charge in [0.05, 0.1) is 4.47 Å². The second-order valence-corrected chi connectivity index (χ2v) is 9.11. The molecule has 0 unspecified atom stereocenters. The number of anilines is 4. The van der Waals surface area contributed by atoms with Gasteiger partial charge in [-0.05, 0) is 58.3 Å². The number of rotatable bonds is 6. The van der Waals surface area contributed by atoms with Crippen molar-refractivity contribution in [1.82, 2.24) is 20.2 Å². The monoisotopic (exact) mass is 439 g/mol. The third-order valence-electron chi connectivity index (χ3n) is 4.37. The van der Waals surface area contributed by atoms with E-state index in [9.17, 15) is 0 Å². The van der Waals surface area contributed by atoms with E-state index in [-0.39, 0.29) is 5.41 Å². The van der Waals surface area contributed by atoms with E-state index in [1.54, 1.807) is 6.20 Å². The largest absolute Gasteiger partial charge is 0.324 e. The first kappa shape index (κ1) is 18.9. The van der Waals surface area contributed by atoms with Crippen molar-refractivity contribution in [3.63, 3.8) is 0 Å². The molecule has 1 aliphatic rings. The lowest BCUT2D eigenvalue weighted by molar-refractivity contribution is 0.506. The molecular formula is C21H24BrN6. The van der Waals surface area contributed by atoms with Crippen LogP contribution in [0.4, 0.5) is 23.3 Å². The summed E-state index contributed by atoms with van der Waals surface area (Å²) in [4.78, 5) is 8.93. The second kappa shape index (κ2) is 7.54. The zero-order valence-electron chi connectivity index (χ0n) is 16.3. The first-order chi connectivity index (χ1) is 13.4. The Balaban J connectivity index is 1.45. The average Bonchev–Trinajstić information content (AvgIpc) is 3.38. The lowest BCUT2D eigenvalue weighted by Gasteiger charge is -2.17. The van der Waals surface area contributed by atoms with Crippen LogP contribution >= 0.6 is 15.9 Å². The van der Waals surface area contributed by atoms with Gasteiger partial charge in [0, 0.05) is 29.6 Å². The van der Waals surface area contributed by atoms with E-state index >= 15 is 0 Å². The van der Waals surface area contributed by atoms with Crippen LogP contribution in [-0.2, 0) is 0 Å². The summed E-state index contributed by atoms with van der Waals surface area (Å²) < 4.78 is 0.782. The van der Waals surface area contributed by atoms with Crippen LogP contribution in [0.15, 0.2) is 41.0 Å². The number of nitrogens with one attached hydrogen (secondary N) is 3. The Bertz CT molecular complexity index is 954. The van der Waals surface area contributed by atoms with Crippen molar-refractivity contribution in [2.75, 3.05) is 10.6 Å². The number of aromatic amines is 1. The van der Waals surface area contributed by atoms with Gasteiger partial charge in [-0.15, -0.1) is 0 Å². The van der Waals surface area contributed by atoms with Crippen LogP contribution in [-0.4, -0.2) is 20.2 Å². The summed E-state index contributed by atoms with van der Waals surface area (Å²) in [6.07, 6.45) is 6.45. The number of aromatic nitrogens is 4. The summed E-state index contributed by atoms with van der Waals surface area (Å²) in [6.45, 7) is 6.57. The molecule has 0 spiro atoms. The van der Waals surface area contributed by atoms with E-state index in [0.717, 1.165) is 16.0 Å². The minimum atomic E-state index is 0.149. The zero-order chi connectivity index (χ0) is 19.7. The summed E-state index contributed by atoms with van der Waals surface area (Å²) in [7, 11) is 0. The molecule has 2 aromatic heterocycles. The molecule has 0 amide bonds. The smallest absolute Gasteiger partial charge is 0.229 e. The van der Waals surface area contributed by atoms with Crippen LogP contribution in [0, 0.1) is 11.8 Å². The Morgan fingerprint density at radius 1 is 1.14 bits per heavy atom. The summed E-state index contributed by atoms with van der Waals surface area (Å²) in [6, 6.07) is 10.3. The van der Waals surface area contributed by atoms with Gasteiger partial charge in [-0.25, -0.2) is 4.98 Å². The van der Waals surface area contributed by atoms with E-state index in [0.29, 0.717) is 17.7 Å². The molecule has 0 bridgehead atoms. The fourth-order valence-electron chi connectivity index (χ4n) is 2.93. The van der Waals surface area contributed by atoms with E-state index in [2.05, 4.69) is 86.1 Å². The average molecular weight is 440 g/mol. The Morgan fingerprint density at radius 2 is 1.89 bits per heavy atom. The normalized spacial score (nSPS) is 14.1. The summed E-state index contributed by atoms with van der Waals surface area (Å²) >= 11 is 3.50. The molecule has 4 rings (SSSR count). The van der Waals surface area contributed by atoms with Gasteiger partial charge in [-0.3, -0.25) is 5.10 Å². The fourth-order valence-corrected chi connectivity index (χ4v) is 3.22. The molecule has 1 radical (unpaired) electrons. The Morgan fingerprint density at radius 3 is 2.57 bits per heavy atom. The van der Waals surface area contributed by atoms with E-state index < -0.39 is 0 Å². The molecule has 6 nitrogen and oxygen atoms in total. The van der Waals surface area contributed by atoms with E-state index in [4.69, 9.17) is 0 Å². The summed E-state index contributed by atoms with van der Waals surface area (Å²) in [5.74, 6) is 2.59. The maximum Gasteiger partial charge on any atom is 0.229 e. The van der Waals surface area contributed by atoms with Gasteiger partial charge in [0.25, 0.3) is 0 Å².